The molecule has 0 fully saturated rings. The number of hydrogen-bond acceptors (Lipinski definition) is 0. The summed E-state index contributed by atoms with van der Waals surface area (Å²) < 4.78 is 0. The molecule has 1 aromatic carbocycles. The van der Waals surface area contributed by atoms with Crippen LogP contribution in [-0.2, 0) is 6.42 Å². The maximum atomic E-state index is 2.22. The highest BCUT2D eigenvalue weighted by Gasteiger charge is 2.00. The topological polar surface area (TPSA) is 0 Å². The second-order valence-corrected chi connectivity index (χ2v) is 3.62. The van der Waals surface area contributed by atoms with Gasteiger partial charge >= 0.3 is 0 Å². The Bertz CT molecular complexity index is 339. The molecule has 66 valence electrons. The van der Waals surface area contributed by atoms with E-state index in [0.29, 0.717) is 0 Å². The van der Waals surface area contributed by atoms with Crippen LogP contribution in [0.15, 0.2) is 48.1 Å². The first-order chi connectivity index (χ1) is 6.34. The van der Waals surface area contributed by atoms with Gasteiger partial charge in [-0.15, -0.1) is 0 Å². The number of benzene rings is 1. The van der Waals surface area contributed by atoms with E-state index in [2.05, 4.69) is 49.4 Å². The summed E-state index contributed by atoms with van der Waals surface area (Å²) in [5.74, 6) is 0. The molecule has 0 heteroatoms. The van der Waals surface area contributed by atoms with Crippen LogP contribution in [-0.4, -0.2) is 0 Å². The van der Waals surface area contributed by atoms with Gasteiger partial charge in [-0.25, -0.2) is 0 Å². The molecule has 0 saturated carbocycles. The molecule has 0 heterocycles. The van der Waals surface area contributed by atoms with Gasteiger partial charge in [0.1, 0.15) is 0 Å². The zero-order chi connectivity index (χ0) is 9.10. The molecule has 0 unspecified atom stereocenters. The van der Waals surface area contributed by atoms with Gasteiger partial charge < -0.3 is 0 Å². The van der Waals surface area contributed by atoms with Crippen LogP contribution in [0.1, 0.15) is 17.5 Å². The van der Waals surface area contributed by atoms with Crippen molar-refractivity contribution in [1.29, 1.82) is 0 Å². The standard InChI is InChI=1S/C13H14/c1-11-6-8-13(9-7-11)10-12-4-2-3-5-12/h2-4,6-9H,5,10H2,1H3. The van der Waals surface area contributed by atoms with Crippen LogP contribution in [0.4, 0.5) is 0 Å². The molecule has 0 saturated heterocycles. The largest absolute Gasteiger partial charge is 0.0804 e. The highest BCUT2D eigenvalue weighted by Crippen LogP contribution is 2.16. The molecule has 0 N–H and O–H groups in total. The quantitative estimate of drug-likeness (QED) is 0.638. The zero-order valence-corrected chi connectivity index (χ0v) is 7.96. The Kier molecular flexibility index (Phi) is 2.31. The van der Waals surface area contributed by atoms with Gasteiger partial charge in [0, 0.05) is 0 Å². The normalized spacial score (nSPS) is 14.7. The third kappa shape index (κ3) is 2.09. The molecular weight excluding hydrogens is 156 g/mol. The molecule has 1 aromatic rings. The van der Waals surface area contributed by atoms with Gasteiger partial charge in [0.15, 0.2) is 0 Å². The summed E-state index contributed by atoms with van der Waals surface area (Å²) in [4.78, 5) is 0. The van der Waals surface area contributed by atoms with E-state index in [0.717, 1.165) is 12.8 Å². The second kappa shape index (κ2) is 3.61. The minimum Gasteiger partial charge on any atom is -0.0804 e. The molecular formula is C13H14. The molecule has 0 bridgehead atoms. The Labute approximate surface area is 79.6 Å². The zero-order valence-electron chi connectivity index (χ0n) is 7.96. The van der Waals surface area contributed by atoms with Crippen molar-refractivity contribution in [2.24, 2.45) is 0 Å². The van der Waals surface area contributed by atoms with Gasteiger partial charge in [0.05, 0.1) is 0 Å². The Morgan fingerprint density at radius 2 is 1.92 bits per heavy atom. The van der Waals surface area contributed by atoms with Crippen LogP contribution < -0.4 is 0 Å². The fraction of sp³-hybridized carbons (Fsp3) is 0.231. The molecule has 1 aliphatic carbocycles. The molecule has 0 aromatic heterocycles. The van der Waals surface area contributed by atoms with E-state index in [-0.39, 0.29) is 0 Å². The van der Waals surface area contributed by atoms with Gasteiger partial charge in [-0.3, -0.25) is 0 Å². The van der Waals surface area contributed by atoms with Crippen LogP contribution in [0.25, 0.3) is 0 Å². The van der Waals surface area contributed by atoms with Gasteiger partial charge in [0.25, 0.3) is 0 Å². The third-order valence-corrected chi connectivity index (χ3v) is 2.40. The third-order valence-electron chi connectivity index (χ3n) is 2.40. The van der Waals surface area contributed by atoms with Gasteiger partial charge in [-0.05, 0) is 25.3 Å². The van der Waals surface area contributed by atoms with Crippen LogP contribution in [0.3, 0.4) is 0 Å². The summed E-state index contributed by atoms with van der Waals surface area (Å²) in [6.45, 7) is 2.13. The molecule has 0 atom stereocenters. The number of rotatable bonds is 2. The monoisotopic (exact) mass is 170 g/mol. The van der Waals surface area contributed by atoms with E-state index in [9.17, 15) is 0 Å². The number of hydrogen-bond donors (Lipinski definition) is 0. The van der Waals surface area contributed by atoms with Crippen molar-refractivity contribution in [3.05, 3.63) is 59.2 Å². The molecule has 1 aliphatic rings. The lowest BCUT2D eigenvalue weighted by Crippen LogP contribution is -1.87. The Morgan fingerprint density at radius 3 is 2.54 bits per heavy atom. The summed E-state index contributed by atoms with van der Waals surface area (Å²) in [6.07, 6.45) is 8.81. The SMILES string of the molecule is Cc1ccc(CC2=CC=CC2)cc1. The summed E-state index contributed by atoms with van der Waals surface area (Å²) in [6, 6.07) is 8.79. The molecule has 0 radical (unpaired) electrons. The van der Waals surface area contributed by atoms with E-state index >= 15 is 0 Å². The van der Waals surface area contributed by atoms with Crippen molar-refractivity contribution in [2.45, 2.75) is 19.8 Å². The Morgan fingerprint density at radius 1 is 1.15 bits per heavy atom. The fourth-order valence-electron chi connectivity index (χ4n) is 1.59. The summed E-state index contributed by atoms with van der Waals surface area (Å²) in [7, 11) is 0. The van der Waals surface area contributed by atoms with Crippen molar-refractivity contribution >= 4 is 0 Å². The van der Waals surface area contributed by atoms with Crippen LogP contribution >= 0.6 is 0 Å². The average molecular weight is 170 g/mol. The van der Waals surface area contributed by atoms with Crippen LogP contribution in [0, 0.1) is 6.92 Å². The molecule has 13 heavy (non-hydrogen) atoms. The maximum Gasteiger partial charge on any atom is -0.00609 e. The predicted molar refractivity (Wildman–Crippen MR) is 56.7 cm³/mol. The molecule has 2 rings (SSSR count). The number of allylic oxidation sites excluding steroid dienone is 4. The summed E-state index contributed by atoms with van der Waals surface area (Å²) >= 11 is 0. The van der Waals surface area contributed by atoms with Crippen molar-refractivity contribution in [3.63, 3.8) is 0 Å². The highest BCUT2D eigenvalue weighted by atomic mass is 14.1. The van der Waals surface area contributed by atoms with Crippen LogP contribution in [0.2, 0.25) is 0 Å². The summed E-state index contributed by atoms with van der Waals surface area (Å²) in [5, 5.41) is 0. The van der Waals surface area contributed by atoms with Gasteiger partial charge in [-0.1, -0.05) is 53.6 Å². The average Bonchev–Trinajstić information content (AvgIpc) is 2.62. The summed E-state index contributed by atoms with van der Waals surface area (Å²) in [5.41, 5.74) is 4.27. The fourth-order valence-corrected chi connectivity index (χ4v) is 1.59. The van der Waals surface area contributed by atoms with E-state index in [1.54, 1.807) is 0 Å². The highest BCUT2D eigenvalue weighted by molar-refractivity contribution is 5.30. The Balaban J connectivity index is 2.06. The van der Waals surface area contributed by atoms with E-state index in [1.807, 2.05) is 0 Å². The minimum atomic E-state index is 1.10. The lowest BCUT2D eigenvalue weighted by molar-refractivity contribution is 1.09. The van der Waals surface area contributed by atoms with E-state index in [4.69, 9.17) is 0 Å². The smallest absolute Gasteiger partial charge is 0.00609 e. The van der Waals surface area contributed by atoms with Crippen LogP contribution in [0.5, 0.6) is 0 Å². The first-order valence-electron chi connectivity index (χ1n) is 4.75. The molecule has 0 amide bonds. The van der Waals surface area contributed by atoms with E-state index < -0.39 is 0 Å². The van der Waals surface area contributed by atoms with Crippen molar-refractivity contribution in [1.82, 2.24) is 0 Å². The lowest BCUT2D eigenvalue weighted by Gasteiger charge is -2.02. The number of aryl methyl sites for hydroxylation is 1. The molecule has 0 aliphatic heterocycles. The first kappa shape index (κ1) is 8.31. The lowest BCUT2D eigenvalue weighted by atomic mass is 10.0. The Hall–Kier alpha value is -1.30. The van der Waals surface area contributed by atoms with Gasteiger partial charge in [0.2, 0.25) is 0 Å². The maximum absolute atomic E-state index is 2.22. The van der Waals surface area contributed by atoms with Gasteiger partial charge in [-0.2, -0.15) is 0 Å². The van der Waals surface area contributed by atoms with Crippen molar-refractivity contribution in [3.8, 4) is 0 Å². The molecule has 0 nitrogen and oxygen atoms in total. The minimum absolute atomic E-state index is 1.10. The second-order valence-electron chi connectivity index (χ2n) is 3.62. The first-order valence-corrected chi connectivity index (χ1v) is 4.75. The predicted octanol–water partition coefficient (Wildman–Crippen LogP) is 3.42. The van der Waals surface area contributed by atoms with E-state index in [1.165, 1.54) is 16.7 Å². The van der Waals surface area contributed by atoms with Crippen molar-refractivity contribution in [2.75, 3.05) is 0 Å². The van der Waals surface area contributed by atoms with Crippen molar-refractivity contribution < 1.29 is 0 Å². The molecule has 0 spiro atoms.